The highest BCUT2D eigenvalue weighted by Gasteiger charge is 2.33. The Morgan fingerprint density at radius 3 is 2.44 bits per heavy atom. The van der Waals surface area contributed by atoms with E-state index in [1.165, 1.54) is 12.3 Å². The van der Waals surface area contributed by atoms with Crippen molar-refractivity contribution >= 4 is 23.2 Å². The van der Waals surface area contributed by atoms with Crippen LogP contribution >= 0.6 is 23.2 Å². The topological polar surface area (TPSA) is 17.8 Å². The van der Waals surface area contributed by atoms with Crippen molar-refractivity contribution in [2.45, 2.75) is 12.1 Å². The standard InChI is InChI=1S/C11H7Cl2F3N2/c12-6-7-1-2-8(5-9(7)13)18-4-3-10(17-18)11(14,15)16/h1-5H,6H2. The second kappa shape index (κ2) is 4.82. The number of aromatic nitrogens is 2. The first-order valence-electron chi connectivity index (χ1n) is 4.89. The molecule has 1 aromatic heterocycles. The fourth-order valence-corrected chi connectivity index (χ4v) is 1.95. The first kappa shape index (κ1) is 13.2. The Hall–Kier alpha value is -1.20. The Morgan fingerprint density at radius 1 is 1.22 bits per heavy atom. The van der Waals surface area contributed by atoms with Crippen LogP contribution in [0.2, 0.25) is 5.02 Å². The number of hydrogen-bond acceptors (Lipinski definition) is 1. The molecule has 0 bridgehead atoms. The van der Waals surface area contributed by atoms with Crippen LogP contribution in [0, 0.1) is 0 Å². The summed E-state index contributed by atoms with van der Waals surface area (Å²) in [6.45, 7) is 0. The van der Waals surface area contributed by atoms with Gasteiger partial charge in [0.15, 0.2) is 5.69 Å². The Morgan fingerprint density at radius 2 is 1.94 bits per heavy atom. The Bertz CT molecular complexity index is 564. The molecule has 2 nitrogen and oxygen atoms in total. The van der Waals surface area contributed by atoms with Crippen LogP contribution in [0.5, 0.6) is 0 Å². The molecule has 7 heteroatoms. The first-order valence-corrected chi connectivity index (χ1v) is 5.80. The van der Waals surface area contributed by atoms with Crippen molar-refractivity contribution in [2.75, 3.05) is 0 Å². The number of hydrogen-bond donors (Lipinski definition) is 0. The van der Waals surface area contributed by atoms with Gasteiger partial charge in [-0.25, -0.2) is 4.68 Å². The molecule has 2 rings (SSSR count). The molecular weight excluding hydrogens is 288 g/mol. The fraction of sp³-hybridized carbons (Fsp3) is 0.182. The molecule has 0 atom stereocenters. The van der Waals surface area contributed by atoms with E-state index in [2.05, 4.69) is 5.10 Å². The summed E-state index contributed by atoms with van der Waals surface area (Å²) in [5.41, 5.74) is 0.217. The minimum Gasteiger partial charge on any atom is -0.240 e. The number of benzene rings is 1. The number of halogens is 5. The summed E-state index contributed by atoms with van der Waals surface area (Å²) in [6, 6.07) is 5.69. The van der Waals surface area contributed by atoms with E-state index >= 15 is 0 Å². The molecule has 0 amide bonds. The van der Waals surface area contributed by atoms with Gasteiger partial charge >= 0.3 is 6.18 Å². The molecule has 0 fully saturated rings. The molecule has 0 N–H and O–H groups in total. The van der Waals surface area contributed by atoms with Crippen molar-refractivity contribution in [3.05, 3.63) is 46.7 Å². The number of rotatable bonds is 2. The lowest BCUT2D eigenvalue weighted by Gasteiger charge is -2.05. The van der Waals surface area contributed by atoms with Crippen molar-refractivity contribution < 1.29 is 13.2 Å². The number of nitrogens with zero attached hydrogens (tertiary/aromatic N) is 2. The minimum absolute atomic E-state index is 0.242. The van der Waals surface area contributed by atoms with E-state index in [1.807, 2.05) is 0 Å². The molecule has 0 saturated carbocycles. The van der Waals surface area contributed by atoms with Crippen LogP contribution in [0.1, 0.15) is 11.3 Å². The quantitative estimate of drug-likeness (QED) is 0.756. The molecule has 0 saturated heterocycles. The van der Waals surface area contributed by atoms with Crippen molar-refractivity contribution in [3.8, 4) is 5.69 Å². The third-order valence-electron chi connectivity index (χ3n) is 2.32. The zero-order valence-electron chi connectivity index (χ0n) is 8.88. The van der Waals surface area contributed by atoms with Gasteiger partial charge in [0.25, 0.3) is 0 Å². The van der Waals surface area contributed by atoms with Crippen LogP contribution in [0.15, 0.2) is 30.5 Å². The Balaban J connectivity index is 2.38. The average molecular weight is 295 g/mol. The van der Waals surface area contributed by atoms with E-state index in [4.69, 9.17) is 23.2 Å². The molecule has 0 unspecified atom stereocenters. The van der Waals surface area contributed by atoms with Crippen LogP contribution in [0.3, 0.4) is 0 Å². The highest BCUT2D eigenvalue weighted by Crippen LogP contribution is 2.28. The van der Waals surface area contributed by atoms with Gasteiger partial charge in [-0.3, -0.25) is 0 Å². The van der Waals surface area contributed by atoms with Gasteiger partial charge in [0.2, 0.25) is 0 Å². The molecule has 1 heterocycles. The molecule has 2 aromatic rings. The summed E-state index contributed by atoms with van der Waals surface area (Å²) < 4.78 is 38.3. The normalized spacial score (nSPS) is 11.8. The Labute approximate surface area is 111 Å². The van der Waals surface area contributed by atoms with Gasteiger partial charge in [-0.1, -0.05) is 17.7 Å². The third-order valence-corrected chi connectivity index (χ3v) is 2.96. The minimum atomic E-state index is -4.45. The molecular formula is C11H7Cl2F3N2. The van der Waals surface area contributed by atoms with E-state index < -0.39 is 11.9 Å². The molecule has 0 aliphatic heterocycles. The van der Waals surface area contributed by atoms with Gasteiger partial charge in [-0.05, 0) is 23.8 Å². The van der Waals surface area contributed by atoms with Crippen molar-refractivity contribution in [2.24, 2.45) is 0 Å². The summed E-state index contributed by atoms with van der Waals surface area (Å²) in [7, 11) is 0. The van der Waals surface area contributed by atoms with E-state index in [0.29, 0.717) is 16.3 Å². The van der Waals surface area contributed by atoms with Crippen LogP contribution in [0.4, 0.5) is 13.2 Å². The van der Waals surface area contributed by atoms with E-state index in [1.54, 1.807) is 12.1 Å². The van der Waals surface area contributed by atoms with E-state index in [9.17, 15) is 13.2 Å². The largest absolute Gasteiger partial charge is 0.435 e. The summed E-state index contributed by atoms with van der Waals surface area (Å²) in [4.78, 5) is 0. The van der Waals surface area contributed by atoms with E-state index in [0.717, 1.165) is 10.7 Å². The van der Waals surface area contributed by atoms with Crippen molar-refractivity contribution in [1.82, 2.24) is 9.78 Å². The summed E-state index contributed by atoms with van der Waals surface area (Å²) in [5, 5.41) is 3.84. The maximum atomic E-state index is 12.4. The van der Waals surface area contributed by atoms with Gasteiger partial charge < -0.3 is 0 Å². The fourth-order valence-electron chi connectivity index (χ4n) is 1.41. The molecule has 0 spiro atoms. The Kier molecular flexibility index (Phi) is 3.54. The first-order chi connectivity index (χ1) is 8.41. The van der Waals surface area contributed by atoms with Crippen LogP contribution < -0.4 is 0 Å². The van der Waals surface area contributed by atoms with Crippen LogP contribution in [-0.4, -0.2) is 9.78 Å². The van der Waals surface area contributed by atoms with Crippen molar-refractivity contribution in [3.63, 3.8) is 0 Å². The van der Waals surface area contributed by atoms with Crippen LogP contribution in [0.25, 0.3) is 5.69 Å². The average Bonchev–Trinajstić information content (AvgIpc) is 2.77. The molecule has 0 aliphatic rings. The lowest BCUT2D eigenvalue weighted by atomic mass is 10.2. The molecule has 1 aromatic carbocycles. The third kappa shape index (κ3) is 2.62. The zero-order chi connectivity index (χ0) is 13.3. The smallest absolute Gasteiger partial charge is 0.240 e. The maximum absolute atomic E-state index is 12.4. The summed E-state index contributed by atoms with van der Waals surface area (Å²) in [6.07, 6.45) is -3.22. The highest BCUT2D eigenvalue weighted by atomic mass is 35.5. The monoisotopic (exact) mass is 294 g/mol. The predicted molar refractivity (Wildman–Crippen MR) is 63.1 cm³/mol. The molecule has 96 valence electrons. The summed E-state index contributed by atoms with van der Waals surface area (Å²) in [5.74, 6) is 0.242. The highest BCUT2D eigenvalue weighted by molar-refractivity contribution is 6.32. The van der Waals surface area contributed by atoms with Gasteiger partial charge in [-0.2, -0.15) is 18.3 Å². The molecule has 18 heavy (non-hydrogen) atoms. The van der Waals surface area contributed by atoms with Crippen molar-refractivity contribution in [1.29, 1.82) is 0 Å². The lowest BCUT2D eigenvalue weighted by Crippen LogP contribution is -2.07. The SMILES string of the molecule is FC(F)(F)c1ccn(-c2ccc(CCl)c(Cl)c2)n1. The van der Waals surface area contributed by atoms with Gasteiger partial charge in [0.05, 0.1) is 5.69 Å². The zero-order valence-corrected chi connectivity index (χ0v) is 10.4. The number of alkyl halides is 4. The van der Waals surface area contributed by atoms with Gasteiger partial charge in [0.1, 0.15) is 0 Å². The van der Waals surface area contributed by atoms with E-state index in [-0.39, 0.29) is 5.88 Å². The predicted octanol–water partition coefficient (Wildman–Crippen LogP) is 4.28. The second-order valence-corrected chi connectivity index (χ2v) is 4.23. The molecule has 0 radical (unpaired) electrons. The van der Waals surface area contributed by atoms with Gasteiger partial charge in [-0.15, -0.1) is 11.6 Å². The second-order valence-electron chi connectivity index (χ2n) is 3.55. The summed E-state index contributed by atoms with van der Waals surface area (Å²) >= 11 is 11.6. The maximum Gasteiger partial charge on any atom is 0.435 e. The van der Waals surface area contributed by atoms with Gasteiger partial charge in [0, 0.05) is 17.1 Å². The molecule has 0 aliphatic carbocycles. The van der Waals surface area contributed by atoms with Crippen LogP contribution in [-0.2, 0) is 12.1 Å². The lowest BCUT2D eigenvalue weighted by molar-refractivity contribution is -0.141.